The number of para-hydroxylation sites is 2. The van der Waals surface area contributed by atoms with Crippen molar-refractivity contribution in [3.8, 4) is 22.5 Å². The van der Waals surface area contributed by atoms with Crippen molar-refractivity contribution in [1.82, 2.24) is 24.9 Å². The van der Waals surface area contributed by atoms with Crippen molar-refractivity contribution < 1.29 is 17.4 Å². The molecule has 10 nitrogen and oxygen atoms in total. The number of nitrogens with one attached hydrogen (secondary N) is 2. The maximum Gasteiger partial charge on any atom is 0.225 e. The summed E-state index contributed by atoms with van der Waals surface area (Å²) in [7, 11) is 0. The number of H-pyrrole nitrogens is 1. The Morgan fingerprint density at radius 1 is 0.586 bits per heavy atom. The number of aromatic amines is 1. The zero-order chi connectivity index (χ0) is 40.6. The molecule has 0 bridgehead atoms. The van der Waals surface area contributed by atoms with Gasteiger partial charge in [-0.3, -0.25) is 4.98 Å². The molecular weight excluding hydrogens is 857 g/mol. The van der Waals surface area contributed by atoms with Crippen LogP contribution in [0.2, 0.25) is 20.1 Å². The third kappa shape index (κ3) is 10.6. The molecule has 0 aliphatic carbocycles. The molecule has 2 unspecified atom stereocenters. The van der Waals surface area contributed by atoms with E-state index in [4.69, 9.17) is 85.2 Å². The van der Waals surface area contributed by atoms with Crippen LogP contribution in [0, 0.1) is 0 Å². The Balaban J connectivity index is 0.000000188. The lowest BCUT2D eigenvalue weighted by Gasteiger charge is -2.20. The Bertz CT molecular complexity index is 2660. The van der Waals surface area contributed by atoms with Gasteiger partial charge in [0.25, 0.3) is 0 Å². The first kappa shape index (κ1) is 43.9. The van der Waals surface area contributed by atoms with Gasteiger partial charge in [-0.2, -0.15) is 0 Å². The normalized spacial score (nSPS) is 11.6. The van der Waals surface area contributed by atoms with Gasteiger partial charge < -0.3 is 34.9 Å². The van der Waals surface area contributed by atoms with Gasteiger partial charge in [0.1, 0.15) is 18.0 Å². The number of halogens is 6. The van der Waals surface area contributed by atoms with Crippen molar-refractivity contribution in [3.05, 3.63) is 153 Å². The van der Waals surface area contributed by atoms with Crippen molar-refractivity contribution in [3.63, 3.8) is 0 Å². The van der Waals surface area contributed by atoms with Gasteiger partial charge in [0.2, 0.25) is 18.0 Å². The van der Waals surface area contributed by atoms with E-state index in [2.05, 4.69) is 31.3 Å². The smallest absolute Gasteiger partial charge is 0.225 e. The first-order valence-corrected chi connectivity index (χ1v) is 19.4. The molecule has 0 radical (unpaired) electrons. The number of hydrogen-bond acceptors (Lipinski definition) is 9. The van der Waals surface area contributed by atoms with E-state index in [-0.39, 0.29) is 23.8 Å². The average molecular weight is 894 g/mol. The molecule has 0 aliphatic heterocycles. The predicted octanol–water partition coefficient (Wildman–Crippen LogP) is 8.33. The molecule has 4 aromatic carbocycles. The molecule has 0 aliphatic rings. The van der Waals surface area contributed by atoms with Crippen LogP contribution in [0.4, 0.5) is 23.3 Å². The molecule has 8 rings (SSSR count). The first-order chi connectivity index (χ1) is 27.4. The Labute approximate surface area is 366 Å². The summed E-state index contributed by atoms with van der Waals surface area (Å²) in [6, 6.07) is 33.9. The van der Waals surface area contributed by atoms with Gasteiger partial charge in [-0.05, 0) is 55.8 Å². The van der Waals surface area contributed by atoms with Gasteiger partial charge in [-0.1, -0.05) is 112 Å². The summed E-state index contributed by atoms with van der Waals surface area (Å²) >= 11 is 31.8. The van der Waals surface area contributed by atoms with Gasteiger partial charge in [0.05, 0.1) is 50.0 Å². The number of alkyl halides is 1. The fourth-order valence-corrected chi connectivity index (χ4v) is 6.96. The SMILES string of the molecule is CC(Cl)c1cc2cccc(Cl)c2nc1-c1ccccc1Cl.CC(Nc1cc(N)ncn1)c1cc2cccc(Cl)c2nc1-c1ccccc1Cl.Nc1cc(N)[nH+]cn1.[Cl-]. The summed E-state index contributed by atoms with van der Waals surface area (Å²) in [5.74, 6) is 1.99. The molecule has 8 aromatic rings. The van der Waals surface area contributed by atoms with E-state index in [0.29, 0.717) is 43.4 Å². The Hall–Kier alpha value is -5.20. The standard InChI is InChI=1S/C21H17Cl2N5.C17H12Cl3N.C4H6N4.ClH/c1-12(27-19-10-18(24)25-11-26-19)15-9-13-5-4-8-17(23)20(13)28-21(15)14-6-2-3-7-16(14)22;1-10(18)13-9-11-5-4-8-15(20)16(11)21-17(13)12-6-2-3-7-14(12)19;5-3-1-4(6)8-2-7-3;/h2-12H,1H3,(H3,24,25,26,27);2-10H,1H3;1-2H,(H4,5,6,7,8);1H. The van der Waals surface area contributed by atoms with E-state index in [9.17, 15) is 0 Å². The van der Waals surface area contributed by atoms with Crippen molar-refractivity contribution in [2.75, 3.05) is 22.5 Å². The van der Waals surface area contributed by atoms with Crippen LogP contribution in [0.15, 0.2) is 122 Å². The zero-order valence-electron chi connectivity index (χ0n) is 30.9. The predicted molar refractivity (Wildman–Crippen MR) is 237 cm³/mol. The van der Waals surface area contributed by atoms with Crippen LogP contribution in [0.1, 0.15) is 36.4 Å². The van der Waals surface area contributed by atoms with E-state index in [1.807, 2.05) is 105 Å². The number of nitrogens with two attached hydrogens (primary N) is 3. The largest absolute Gasteiger partial charge is 1.00 e. The number of fused-ring (bicyclic) bond motifs is 2. The van der Waals surface area contributed by atoms with Crippen LogP contribution >= 0.6 is 58.0 Å². The average Bonchev–Trinajstić information content (AvgIpc) is 3.18. The maximum atomic E-state index is 6.48. The number of rotatable bonds is 6. The Morgan fingerprint density at radius 3 is 1.57 bits per heavy atom. The molecule has 2 atom stereocenters. The zero-order valence-corrected chi connectivity index (χ0v) is 35.5. The molecule has 0 saturated heterocycles. The molecule has 4 aromatic heterocycles. The minimum atomic E-state index is -0.174. The van der Waals surface area contributed by atoms with E-state index < -0.39 is 0 Å². The summed E-state index contributed by atoms with van der Waals surface area (Å²) in [5, 5.41) is 7.61. The molecule has 8 N–H and O–H groups in total. The molecule has 4 heterocycles. The number of pyridine rings is 2. The van der Waals surface area contributed by atoms with Gasteiger partial charge in [0, 0.05) is 43.6 Å². The summed E-state index contributed by atoms with van der Waals surface area (Å²) in [4.78, 5) is 24.1. The minimum absolute atomic E-state index is 0. The number of hydrogen-bond donors (Lipinski definition) is 4. The van der Waals surface area contributed by atoms with Crippen molar-refractivity contribution in [2.45, 2.75) is 25.3 Å². The third-order valence-electron chi connectivity index (χ3n) is 8.61. The lowest BCUT2D eigenvalue weighted by molar-refractivity contribution is -0.364. The van der Waals surface area contributed by atoms with E-state index >= 15 is 0 Å². The fourth-order valence-electron chi connectivity index (χ4n) is 5.90. The lowest BCUT2D eigenvalue weighted by Crippen LogP contribution is -3.00. The maximum absolute atomic E-state index is 6.48. The van der Waals surface area contributed by atoms with E-state index in [1.54, 1.807) is 12.1 Å². The topological polar surface area (TPSA) is 169 Å². The highest BCUT2D eigenvalue weighted by molar-refractivity contribution is 6.36. The van der Waals surface area contributed by atoms with Crippen LogP contribution < -0.4 is 39.9 Å². The molecule has 0 amide bonds. The number of aromatic nitrogens is 6. The van der Waals surface area contributed by atoms with Crippen LogP contribution in [0.3, 0.4) is 0 Å². The number of anilines is 4. The number of nitrogens with zero attached hydrogens (tertiary/aromatic N) is 5. The second-order valence-corrected chi connectivity index (χ2v) is 15.0. The Morgan fingerprint density at radius 2 is 1.09 bits per heavy atom. The van der Waals surface area contributed by atoms with Crippen LogP contribution in [0.25, 0.3) is 44.3 Å². The minimum Gasteiger partial charge on any atom is -1.00 e. The third-order valence-corrected chi connectivity index (χ3v) is 10.1. The molecule has 58 heavy (non-hydrogen) atoms. The van der Waals surface area contributed by atoms with Crippen molar-refractivity contribution in [1.29, 1.82) is 0 Å². The van der Waals surface area contributed by atoms with Gasteiger partial charge in [0.15, 0.2) is 0 Å². The van der Waals surface area contributed by atoms with Crippen LogP contribution in [-0.4, -0.2) is 24.9 Å². The molecule has 0 saturated carbocycles. The fraction of sp³-hybridized carbons (Fsp3) is 0.0952. The van der Waals surface area contributed by atoms with Gasteiger partial charge in [-0.25, -0.2) is 19.9 Å². The van der Waals surface area contributed by atoms with Crippen molar-refractivity contribution in [2.24, 2.45) is 0 Å². The summed E-state index contributed by atoms with van der Waals surface area (Å²) in [5.41, 5.74) is 23.0. The van der Waals surface area contributed by atoms with E-state index in [1.165, 1.54) is 12.7 Å². The highest BCUT2D eigenvalue weighted by Crippen LogP contribution is 2.38. The highest BCUT2D eigenvalue weighted by Gasteiger charge is 2.19. The van der Waals surface area contributed by atoms with Gasteiger partial charge in [-0.15, -0.1) is 11.6 Å². The quantitative estimate of drug-likeness (QED) is 0.120. The second kappa shape index (κ2) is 20.0. The molecule has 16 heteroatoms. The molecule has 296 valence electrons. The number of nitrogen functional groups attached to an aromatic ring is 3. The van der Waals surface area contributed by atoms with Crippen molar-refractivity contribution >= 4 is 103 Å². The van der Waals surface area contributed by atoms with Crippen LogP contribution in [0.5, 0.6) is 0 Å². The number of benzene rings is 4. The molecule has 0 spiro atoms. The van der Waals surface area contributed by atoms with E-state index in [0.717, 1.165) is 55.4 Å². The molecular formula is C42H36Cl6N10. The van der Waals surface area contributed by atoms with Crippen LogP contribution in [-0.2, 0) is 0 Å². The summed E-state index contributed by atoms with van der Waals surface area (Å²) in [6.07, 6.45) is 2.88. The summed E-state index contributed by atoms with van der Waals surface area (Å²) < 4.78 is 0. The second-order valence-electron chi connectivity index (χ2n) is 12.7. The summed E-state index contributed by atoms with van der Waals surface area (Å²) in [6.45, 7) is 3.96. The van der Waals surface area contributed by atoms with Gasteiger partial charge >= 0.3 is 0 Å². The lowest BCUT2D eigenvalue weighted by atomic mass is 9.98. The monoisotopic (exact) mass is 890 g/mol. The highest BCUT2D eigenvalue weighted by atomic mass is 35.5. The first-order valence-electron chi connectivity index (χ1n) is 17.4. The molecule has 0 fully saturated rings. The Kier molecular flexibility index (Phi) is 15.1.